The van der Waals surface area contributed by atoms with Crippen molar-refractivity contribution < 1.29 is 17.9 Å². The Kier molecular flexibility index (Phi) is 5.23. The summed E-state index contributed by atoms with van der Waals surface area (Å²) in [6, 6.07) is 6.97. The molecule has 0 saturated heterocycles. The van der Waals surface area contributed by atoms with Crippen LogP contribution in [0.4, 0.5) is 13.2 Å². The first-order valence-electron chi connectivity index (χ1n) is 8.10. The highest BCUT2D eigenvalue weighted by molar-refractivity contribution is 14.1. The Morgan fingerprint density at radius 1 is 1.17 bits per heavy atom. The van der Waals surface area contributed by atoms with Gasteiger partial charge in [0.15, 0.2) is 5.82 Å². The van der Waals surface area contributed by atoms with Crippen LogP contribution >= 0.6 is 38.5 Å². The van der Waals surface area contributed by atoms with Crippen molar-refractivity contribution in [2.45, 2.75) is 12.7 Å². The third-order valence-corrected chi connectivity index (χ3v) is 5.46. The second-order valence-electron chi connectivity index (χ2n) is 5.96. The first kappa shape index (κ1) is 20.1. The molecule has 0 aliphatic carbocycles. The van der Waals surface area contributed by atoms with Gasteiger partial charge in [-0.05, 0) is 56.2 Å². The summed E-state index contributed by atoms with van der Waals surface area (Å²) in [7, 11) is 1.54. The Bertz CT molecular complexity index is 1190. The van der Waals surface area contributed by atoms with Crippen molar-refractivity contribution in [3.05, 3.63) is 56.2 Å². The number of aromatic nitrogens is 6. The lowest BCUT2D eigenvalue weighted by Gasteiger charge is -2.06. The van der Waals surface area contributed by atoms with Gasteiger partial charge in [-0.25, -0.2) is 19.6 Å². The standard InChI is InChI=1S/C17H11BrF3IN6O/c1-29-11-4-2-9(3-5-11)7-28-14(25-15(26-28)17(19,20)21)12-13(22)27-8-10(18)6-23-16(27)24-12/h2-6,8H,7H2,1H3. The van der Waals surface area contributed by atoms with E-state index in [1.807, 2.05) is 22.6 Å². The van der Waals surface area contributed by atoms with Crippen molar-refractivity contribution in [2.24, 2.45) is 0 Å². The van der Waals surface area contributed by atoms with Crippen LogP contribution in [0.3, 0.4) is 0 Å². The Morgan fingerprint density at radius 2 is 1.90 bits per heavy atom. The van der Waals surface area contributed by atoms with Crippen LogP contribution in [-0.2, 0) is 12.7 Å². The zero-order valence-electron chi connectivity index (χ0n) is 14.7. The SMILES string of the molecule is COc1ccc(Cn2nc(C(F)(F)F)nc2-c2nc3ncc(Br)cn3c2I)cc1. The monoisotopic (exact) mass is 578 g/mol. The highest BCUT2D eigenvalue weighted by atomic mass is 127. The topological polar surface area (TPSA) is 70.1 Å². The molecule has 1 aromatic carbocycles. The molecule has 29 heavy (non-hydrogen) atoms. The molecule has 0 spiro atoms. The summed E-state index contributed by atoms with van der Waals surface area (Å²) in [5.41, 5.74) is 1.01. The van der Waals surface area contributed by atoms with Gasteiger partial charge in [-0.15, -0.1) is 5.10 Å². The zero-order valence-corrected chi connectivity index (χ0v) is 18.4. The molecule has 150 valence electrons. The van der Waals surface area contributed by atoms with Crippen LogP contribution in [0, 0.1) is 3.70 Å². The molecule has 0 unspecified atom stereocenters. The first-order chi connectivity index (χ1) is 13.8. The quantitative estimate of drug-likeness (QED) is 0.335. The summed E-state index contributed by atoms with van der Waals surface area (Å²) in [4.78, 5) is 12.3. The predicted molar refractivity (Wildman–Crippen MR) is 110 cm³/mol. The highest BCUT2D eigenvalue weighted by Gasteiger charge is 2.38. The molecule has 12 heteroatoms. The number of imidazole rings is 1. The third-order valence-electron chi connectivity index (χ3n) is 4.02. The maximum Gasteiger partial charge on any atom is 0.453 e. The van der Waals surface area contributed by atoms with Gasteiger partial charge in [-0.3, -0.25) is 4.40 Å². The zero-order chi connectivity index (χ0) is 20.8. The molecular weight excluding hydrogens is 568 g/mol. The van der Waals surface area contributed by atoms with E-state index in [0.717, 1.165) is 5.56 Å². The molecule has 0 amide bonds. The Balaban J connectivity index is 1.83. The minimum atomic E-state index is -4.67. The molecule has 0 saturated carbocycles. The average molecular weight is 579 g/mol. The minimum absolute atomic E-state index is 0.0131. The number of methoxy groups -OCH3 is 1. The second kappa shape index (κ2) is 7.55. The van der Waals surface area contributed by atoms with E-state index in [-0.39, 0.29) is 18.1 Å². The molecule has 0 bridgehead atoms. The van der Waals surface area contributed by atoms with E-state index in [1.165, 1.54) is 11.8 Å². The van der Waals surface area contributed by atoms with Gasteiger partial charge >= 0.3 is 6.18 Å². The summed E-state index contributed by atoms with van der Waals surface area (Å²) >= 11 is 5.33. The van der Waals surface area contributed by atoms with E-state index in [0.29, 0.717) is 19.7 Å². The fraction of sp³-hybridized carbons (Fsp3) is 0.176. The summed E-state index contributed by atoms with van der Waals surface area (Å²) in [6.45, 7) is 0.0868. The molecule has 3 aromatic heterocycles. The maximum absolute atomic E-state index is 13.3. The van der Waals surface area contributed by atoms with Gasteiger partial charge in [-0.1, -0.05) is 12.1 Å². The Hall–Kier alpha value is -2.22. The van der Waals surface area contributed by atoms with Crippen molar-refractivity contribution in [1.29, 1.82) is 0 Å². The van der Waals surface area contributed by atoms with Gasteiger partial charge in [0.25, 0.3) is 5.82 Å². The predicted octanol–water partition coefficient (Wildman–Crippen LogP) is 4.43. The van der Waals surface area contributed by atoms with E-state index in [1.54, 1.807) is 41.1 Å². The normalized spacial score (nSPS) is 11.9. The largest absolute Gasteiger partial charge is 0.497 e. The number of ether oxygens (including phenoxy) is 1. The summed E-state index contributed by atoms with van der Waals surface area (Å²) in [5, 5.41) is 3.69. The number of alkyl halides is 3. The average Bonchev–Trinajstić information content (AvgIpc) is 3.24. The van der Waals surface area contributed by atoms with Crippen LogP contribution in [0.1, 0.15) is 11.4 Å². The molecule has 0 radical (unpaired) electrons. The molecule has 3 heterocycles. The molecule has 0 aliphatic rings. The van der Waals surface area contributed by atoms with Crippen LogP contribution in [0.5, 0.6) is 5.75 Å². The molecule has 4 aromatic rings. The molecule has 4 rings (SSSR count). The fourth-order valence-electron chi connectivity index (χ4n) is 2.68. The van der Waals surface area contributed by atoms with E-state index in [4.69, 9.17) is 4.74 Å². The lowest BCUT2D eigenvalue weighted by Crippen LogP contribution is -2.09. The van der Waals surface area contributed by atoms with Crippen molar-refractivity contribution >= 4 is 44.3 Å². The number of hydrogen-bond donors (Lipinski definition) is 0. The number of rotatable bonds is 4. The molecule has 0 atom stereocenters. The smallest absolute Gasteiger partial charge is 0.453 e. The van der Waals surface area contributed by atoms with Crippen LogP contribution in [-0.4, -0.2) is 36.2 Å². The van der Waals surface area contributed by atoms with Gasteiger partial charge in [0.05, 0.1) is 18.1 Å². The van der Waals surface area contributed by atoms with E-state index >= 15 is 0 Å². The lowest BCUT2D eigenvalue weighted by molar-refractivity contribution is -0.144. The second-order valence-corrected chi connectivity index (χ2v) is 7.89. The van der Waals surface area contributed by atoms with Crippen LogP contribution in [0.25, 0.3) is 17.3 Å². The van der Waals surface area contributed by atoms with E-state index in [2.05, 4.69) is 36.0 Å². The number of hydrogen-bond acceptors (Lipinski definition) is 5. The number of nitrogens with zero attached hydrogens (tertiary/aromatic N) is 6. The summed E-state index contributed by atoms with van der Waals surface area (Å²) < 4.78 is 49.1. The van der Waals surface area contributed by atoms with Crippen molar-refractivity contribution in [2.75, 3.05) is 7.11 Å². The number of benzene rings is 1. The lowest BCUT2D eigenvalue weighted by atomic mass is 10.2. The molecule has 0 fully saturated rings. The van der Waals surface area contributed by atoms with Gasteiger partial charge in [0, 0.05) is 12.4 Å². The molecule has 0 aliphatic heterocycles. The van der Waals surface area contributed by atoms with Crippen LogP contribution in [0.15, 0.2) is 41.1 Å². The van der Waals surface area contributed by atoms with Gasteiger partial charge < -0.3 is 4.74 Å². The number of halogens is 5. The molecule has 0 N–H and O–H groups in total. The van der Waals surface area contributed by atoms with Crippen LogP contribution < -0.4 is 4.74 Å². The number of fused-ring (bicyclic) bond motifs is 1. The first-order valence-corrected chi connectivity index (χ1v) is 9.98. The third kappa shape index (κ3) is 3.95. The van der Waals surface area contributed by atoms with Crippen molar-refractivity contribution in [3.63, 3.8) is 0 Å². The van der Waals surface area contributed by atoms with Crippen LogP contribution in [0.2, 0.25) is 0 Å². The fourth-order valence-corrected chi connectivity index (χ4v) is 3.70. The molecule has 7 nitrogen and oxygen atoms in total. The van der Waals surface area contributed by atoms with Gasteiger partial charge in [0.1, 0.15) is 15.1 Å². The van der Waals surface area contributed by atoms with Gasteiger partial charge in [-0.2, -0.15) is 13.2 Å². The van der Waals surface area contributed by atoms with Crippen molar-refractivity contribution in [1.82, 2.24) is 29.1 Å². The summed E-state index contributed by atoms with van der Waals surface area (Å²) in [6.07, 6.45) is -1.38. The van der Waals surface area contributed by atoms with Crippen molar-refractivity contribution in [3.8, 4) is 17.3 Å². The summed E-state index contributed by atoms with van der Waals surface area (Å²) in [5.74, 6) is -0.211. The van der Waals surface area contributed by atoms with E-state index in [9.17, 15) is 13.2 Å². The highest BCUT2D eigenvalue weighted by Crippen LogP contribution is 2.31. The Labute approximate surface area is 184 Å². The molecular formula is C17H11BrF3IN6O. The minimum Gasteiger partial charge on any atom is -0.497 e. The maximum atomic E-state index is 13.3. The van der Waals surface area contributed by atoms with Gasteiger partial charge in [0.2, 0.25) is 5.78 Å². The Morgan fingerprint density at radius 3 is 2.55 bits per heavy atom. The van der Waals surface area contributed by atoms with E-state index < -0.39 is 12.0 Å².